The lowest BCUT2D eigenvalue weighted by molar-refractivity contribution is -0.0680. The second-order valence-corrected chi connectivity index (χ2v) is 13.9. The number of hydrogen-bond acceptors (Lipinski definition) is 12. The number of hydrogen-bond donors (Lipinski definition) is 1. The van der Waals surface area contributed by atoms with Gasteiger partial charge in [0.05, 0.1) is 19.1 Å². The molecule has 2 rings (SSSR count). The molecule has 14 nitrogen and oxygen atoms in total. The molecular formula is C26H45N5O9P2. The largest absolute Gasteiger partial charge is 0.371 e. The Kier molecular flexibility index (Phi) is 15.2. The maximum atomic E-state index is 12.9. The first kappa shape index (κ1) is 36.4. The van der Waals surface area contributed by atoms with Crippen LogP contribution in [0.5, 0.6) is 0 Å². The van der Waals surface area contributed by atoms with Gasteiger partial charge < -0.3 is 32.5 Å². The molecule has 1 N–H and O–H groups in total. The highest BCUT2D eigenvalue weighted by atomic mass is 31.2. The molecule has 1 aliphatic heterocycles. The molecule has 238 valence electrons. The summed E-state index contributed by atoms with van der Waals surface area (Å²) in [5.74, 6) is 1.27. The van der Waals surface area contributed by atoms with Crippen molar-refractivity contribution in [3.05, 3.63) is 45.0 Å². The number of ether oxygens (including phenoxy) is 2. The second kappa shape index (κ2) is 17.5. The summed E-state index contributed by atoms with van der Waals surface area (Å²) in [5, 5.41) is 9.13. The number of nitriles is 1. The summed E-state index contributed by atoms with van der Waals surface area (Å²) in [6.07, 6.45) is 0.0772. The summed E-state index contributed by atoms with van der Waals surface area (Å²) in [6, 6.07) is 3.35. The number of nitrogens with zero attached hydrogens (tertiary/aromatic N) is 4. The summed E-state index contributed by atoms with van der Waals surface area (Å²) in [5.41, 5.74) is -1.24. The molecule has 0 saturated carbocycles. The van der Waals surface area contributed by atoms with Gasteiger partial charge >= 0.3 is 13.3 Å². The number of H-pyrrole nitrogens is 1. The van der Waals surface area contributed by atoms with Crippen LogP contribution >= 0.6 is 16.1 Å². The molecule has 0 radical (unpaired) electrons. The van der Waals surface area contributed by atoms with Gasteiger partial charge in [0.2, 0.25) is 0 Å². The molecule has 1 aliphatic rings. The minimum Gasteiger partial charge on any atom is -0.371 e. The van der Waals surface area contributed by atoms with Crippen molar-refractivity contribution in [1.29, 1.82) is 5.26 Å². The molecule has 0 aromatic carbocycles. The summed E-state index contributed by atoms with van der Waals surface area (Å²) < 4.78 is 51.8. The van der Waals surface area contributed by atoms with Crippen molar-refractivity contribution in [1.82, 2.24) is 19.1 Å². The Hall–Kier alpha value is -1.75. The van der Waals surface area contributed by atoms with Crippen LogP contribution in [0.25, 0.3) is 0 Å². The van der Waals surface area contributed by atoms with Crippen molar-refractivity contribution in [3.8, 4) is 6.07 Å². The molecule has 5 atom stereocenters. The van der Waals surface area contributed by atoms with Crippen molar-refractivity contribution in [3.63, 3.8) is 0 Å². The van der Waals surface area contributed by atoms with E-state index >= 15 is 0 Å². The maximum absolute atomic E-state index is 12.9. The summed E-state index contributed by atoms with van der Waals surface area (Å²) in [7, 11) is 1.11. The molecule has 1 saturated heterocycles. The zero-order valence-electron chi connectivity index (χ0n) is 25.7. The minimum absolute atomic E-state index is 0.0220. The number of rotatable bonds is 18. The topological polar surface area (TPSA) is 158 Å². The molecule has 16 heteroatoms. The van der Waals surface area contributed by atoms with Crippen LogP contribution in [0.15, 0.2) is 33.7 Å². The molecule has 1 aromatic rings. The van der Waals surface area contributed by atoms with Crippen LogP contribution in [-0.4, -0.2) is 97.6 Å². The Morgan fingerprint density at radius 3 is 2.38 bits per heavy atom. The van der Waals surface area contributed by atoms with E-state index in [4.69, 9.17) is 32.8 Å². The van der Waals surface area contributed by atoms with Gasteiger partial charge in [-0.3, -0.25) is 18.9 Å². The second-order valence-electron chi connectivity index (χ2n) is 10.4. The van der Waals surface area contributed by atoms with Crippen LogP contribution in [0.4, 0.5) is 0 Å². The third kappa shape index (κ3) is 10.5. The van der Waals surface area contributed by atoms with Gasteiger partial charge in [-0.05, 0) is 60.8 Å². The van der Waals surface area contributed by atoms with Gasteiger partial charge in [-0.2, -0.15) is 5.26 Å². The molecule has 1 fully saturated rings. The molecule has 1 aromatic heterocycles. The third-order valence-electron chi connectivity index (χ3n) is 6.25. The van der Waals surface area contributed by atoms with Crippen molar-refractivity contribution in [2.45, 2.75) is 77.2 Å². The third-order valence-corrected chi connectivity index (χ3v) is 9.94. The van der Waals surface area contributed by atoms with Crippen molar-refractivity contribution >= 4 is 16.1 Å². The quantitative estimate of drug-likeness (QED) is 0.186. The van der Waals surface area contributed by atoms with Gasteiger partial charge in [-0.15, -0.1) is 0 Å². The van der Waals surface area contributed by atoms with Gasteiger partial charge in [0.25, 0.3) is 14.1 Å². The highest BCUT2D eigenvalue weighted by molar-refractivity contribution is 7.57. The highest BCUT2D eigenvalue weighted by Crippen LogP contribution is 2.52. The molecule has 2 unspecified atom stereocenters. The molecule has 0 spiro atoms. The SMILES string of the molecule is COP(=O)(/C=C/[C@H]1O[C@@H](n2ccc(=O)[nH]c2=O)[C@H](OCCCN(C)C)C1OP(OCCC#N)N(C(C)C)C(C)C)OC. The number of aromatic nitrogens is 2. The predicted octanol–water partition coefficient (Wildman–Crippen LogP) is 3.43. The lowest BCUT2D eigenvalue weighted by Crippen LogP contribution is -2.41. The van der Waals surface area contributed by atoms with E-state index in [1.165, 1.54) is 42.9 Å². The van der Waals surface area contributed by atoms with Crippen LogP contribution in [0.2, 0.25) is 0 Å². The van der Waals surface area contributed by atoms with Gasteiger partial charge in [-0.25, -0.2) is 9.46 Å². The zero-order chi connectivity index (χ0) is 31.4. The van der Waals surface area contributed by atoms with E-state index in [9.17, 15) is 14.2 Å². The zero-order valence-corrected chi connectivity index (χ0v) is 27.5. The normalized spacial score (nSPS) is 22.2. The fourth-order valence-corrected chi connectivity index (χ4v) is 6.88. The van der Waals surface area contributed by atoms with E-state index in [2.05, 4.69) is 15.7 Å². The molecule has 2 heterocycles. The van der Waals surface area contributed by atoms with E-state index in [0.29, 0.717) is 13.0 Å². The summed E-state index contributed by atoms with van der Waals surface area (Å²) in [6.45, 7) is 9.28. The van der Waals surface area contributed by atoms with E-state index in [1.807, 2.05) is 46.7 Å². The Bertz CT molecular complexity index is 1180. The van der Waals surface area contributed by atoms with Gasteiger partial charge in [0.1, 0.15) is 18.3 Å². The minimum atomic E-state index is -3.58. The standard InChI is InChI=1S/C26H45N5O9P2/c1-19(2)31(20(3)4)41(38-17-9-13-27)40-23-21(12-18-42(34,35-7)36-8)39-25(24(23)37-16-10-14-29(5)6)30-15-11-22(32)28-26(30)33/h11-12,15,18-21,23-25H,9-10,14,16-17H2,1-8H3,(H,28,32,33)/b18-12+/t21-,23?,24-,25-,41?/m1/s1. The van der Waals surface area contributed by atoms with E-state index in [0.717, 1.165) is 6.54 Å². The van der Waals surface area contributed by atoms with Crippen molar-refractivity contribution in [2.75, 3.05) is 48.1 Å². The summed E-state index contributed by atoms with van der Waals surface area (Å²) >= 11 is 0. The van der Waals surface area contributed by atoms with E-state index < -0.39 is 51.9 Å². The highest BCUT2D eigenvalue weighted by Gasteiger charge is 2.49. The predicted molar refractivity (Wildman–Crippen MR) is 159 cm³/mol. The lowest BCUT2D eigenvalue weighted by atomic mass is 10.1. The van der Waals surface area contributed by atoms with Gasteiger partial charge in [0.15, 0.2) is 6.23 Å². The molecule has 0 bridgehead atoms. The molecular weight excluding hydrogens is 588 g/mol. The number of aromatic amines is 1. The fourth-order valence-electron chi connectivity index (χ4n) is 4.35. The average Bonchev–Trinajstić information content (AvgIpc) is 3.25. The smallest absolute Gasteiger partial charge is 0.353 e. The Balaban J connectivity index is 2.61. The average molecular weight is 634 g/mol. The van der Waals surface area contributed by atoms with Crippen molar-refractivity contribution in [2.24, 2.45) is 0 Å². The van der Waals surface area contributed by atoms with Crippen LogP contribution in [0.1, 0.15) is 46.8 Å². The van der Waals surface area contributed by atoms with E-state index in [-0.39, 0.29) is 25.1 Å². The first-order valence-electron chi connectivity index (χ1n) is 13.8. The van der Waals surface area contributed by atoms with Gasteiger partial charge in [-0.1, -0.05) is 0 Å². The summed E-state index contributed by atoms with van der Waals surface area (Å²) in [4.78, 5) is 28.9. The van der Waals surface area contributed by atoms with E-state index in [1.54, 1.807) is 0 Å². The molecule has 42 heavy (non-hydrogen) atoms. The first-order valence-corrected chi connectivity index (χ1v) is 16.5. The molecule has 0 amide bonds. The van der Waals surface area contributed by atoms with Crippen LogP contribution in [-0.2, 0) is 32.1 Å². The monoisotopic (exact) mass is 633 g/mol. The Morgan fingerprint density at radius 2 is 1.83 bits per heavy atom. The van der Waals surface area contributed by atoms with Crippen LogP contribution < -0.4 is 11.2 Å². The number of nitrogens with one attached hydrogen (secondary N) is 1. The first-order chi connectivity index (χ1) is 19.9. The fraction of sp³-hybridized carbons (Fsp3) is 0.731. The Morgan fingerprint density at radius 1 is 1.17 bits per heavy atom. The van der Waals surface area contributed by atoms with Crippen molar-refractivity contribution < 1.29 is 32.1 Å². The molecule has 0 aliphatic carbocycles. The lowest BCUT2D eigenvalue weighted by Gasteiger charge is -2.38. The van der Waals surface area contributed by atoms with Crippen LogP contribution in [0.3, 0.4) is 0 Å². The van der Waals surface area contributed by atoms with Gasteiger partial charge in [0, 0.05) is 51.0 Å². The Labute approximate surface area is 249 Å². The van der Waals surface area contributed by atoms with Crippen LogP contribution in [0, 0.1) is 11.3 Å². The maximum Gasteiger partial charge on any atom is 0.353 e.